The van der Waals surface area contributed by atoms with Crippen LogP contribution in [0.3, 0.4) is 0 Å². The number of carbonyl (C=O) groups is 2. The highest BCUT2D eigenvalue weighted by Crippen LogP contribution is 2.29. The summed E-state index contributed by atoms with van der Waals surface area (Å²) >= 11 is 0. The molecule has 8 heteroatoms. The van der Waals surface area contributed by atoms with Gasteiger partial charge >= 0.3 is 12.2 Å². The minimum absolute atomic E-state index is 0.306. The minimum atomic E-state index is -4.39. The van der Waals surface area contributed by atoms with Crippen LogP contribution >= 0.6 is 0 Å². The highest BCUT2D eigenvalue weighted by molar-refractivity contribution is 5.96. The topological polar surface area (TPSA) is 62.6 Å². The van der Waals surface area contributed by atoms with E-state index in [1.165, 1.54) is 12.1 Å². The van der Waals surface area contributed by atoms with Crippen LogP contribution in [0.5, 0.6) is 0 Å². The maximum Gasteiger partial charge on any atom is 0.416 e. The average molecular weight is 394 g/mol. The molecule has 1 unspecified atom stereocenters. The van der Waals surface area contributed by atoms with Crippen molar-refractivity contribution in [3.8, 4) is 0 Å². The Bertz CT molecular complexity index is 793. The van der Waals surface area contributed by atoms with Gasteiger partial charge in [-0.3, -0.25) is 10.1 Å². The van der Waals surface area contributed by atoms with Crippen LogP contribution in [0.1, 0.15) is 29.7 Å². The minimum Gasteiger partial charge on any atom is -0.338 e. The lowest BCUT2D eigenvalue weighted by molar-refractivity contribution is -0.916. The summed E-state index contributed by atoms with van der Waals surface area (Å²) in [6.45, 7) is 2.42. The molecule has 0 fully saturated rings. The van der Waals surface area contributed by atoms with Gasteiger partial charge in [0, 0.05) is 17.7 Å². The summed E-state index contributed by atoms with van der Waals surface area (Å²) in [5, 5.41) is 4.82. The second-order valence-electron chi connectivity index (χ2n) is 6.41. The molecule has 0 saturated heterocycles. The summed E-state index contributed by atoms with van der Waals surface area (Å²) in [5.41, 5.74) is 0.633. The molecule has 0 saturated carbocycles. The molecule has 5 nitrogen and oxygen atoms in total. The molecule has 0 aliphatic heterocycles. The van der Waals surface area contributed by atoms with E-state index in [9.17, 15) is 22.8 Å². The number of imide groups is 1. The van der Waals surface area contributed by atoms with E-state index in [0.717, 1.165) is 12.1 Å². The van der Waals surface area contributed by atoms with Crippen LogP contribution in [0, 0.1) is 0 Å². The Morgan fingerprint density at radius 3 is 2.18 bits per heavy atom. The third-order valence-electron chi connectivity index (χ3n) is 4.23. The molecule has 0 radical (unpaired) electrons. The van der Waals surface area contributed by atoms with Gasteiger partial charge in [0.2, 0.25) is 0 Å². The molecule has 2 rings (SSSR count). The highest BCUT2D eigenvalue weighted by Gasteiger charge is 2.32. The van der Waals surface area contributed by atoms with Crippen molar-refractivity contribution in [3.05, 3.63) is 71.3 Å². The van der Waals surface area contributed by atoms with Crippen molar-refractivity contribution < 1.29 is 27.7 Å². The van der Waals surface area contributed by atoms with Crippen molar-refractivity contribution in [2.45, 2.75) is 25.7 Å². The number of rotatable bonds is 6. The van der Waals surface area contributed by atoms with Gasteiger partial charge < -0.3 is 10.2 Å². The fraction of sp³-hybridized carbons (Fsp3) is 0.300. The Labute approximate surface area is 161 Å². The number of halogens is 3. The zero-order chi connectivity index (χ0) is 20.7. The lowest BCUT2D eigenvalue weighted by atomic mass is 10.0. The predicted octanol–water partition coefficient (Wildman–Crippen LogP) is 2.31. The quantitative estimate of drug-likeness (QED) is 0.704. The van der Waals surface area contributed by atoms with Crippen LogP contribution in [0.2, 0.25) is 0 Å². The molecule has 0 aromatic heterocycles. The second kappa shape index (κ2) is 9.36. The molecule has 2 aromatic carbocycles. The maximum absolute atomic E-state index is 12.7. The molecule has 0 heterocycles. The molecule has 150 valence electrons. The van der Waals surface area contributed by atoms with E-state index in [2.05, 4.69) is 10.6 Å². The molecule has 3 amide bonds. The largest absolute Gasteiger partial charge is 0.416 e. The number of amides is 3. The van der Waals surface area contributed by atoms with Crippen molar-refractivity contribution in [1.82, 2.24) is 10.6 Å². The van der Waals surface area contributed by atoms with Crippen LogP contribution < -0.4 is 15.5 Å². The number of hydrogen-bond donors (Lipinski definition) is 3. The zero-order valence-corrected chi connectivity index (χ0v) is 15.6. The predicted molar refractivity (Wildman–Crippen MR) is 98.4 cm³/mol. The van der Waals surface area contributed by atoms with Gasteiger partial charge in [-0.15, -0.1) is 0 Å². The molecule has 0 aliphatic rings. The van der Waals surface area contributed by atoms with E-state index >= 15 is 0 Å². The molecular weight excluding hydrogens is 371 g/mol. The first kappa shape index (κ1) is 21.4. The Hall–Kier alpha value is -2.87. The molecule has 3 N–H and O–H groups in total. The van der Waals surface area contributed by atoms with Crippen molar-refractivity contribution in [1.29, 1.82) is 0 Å². The van der Waals surface area contributed by atoms with Gasteiger partial charge in [0.25, 0.3) is 5.91 Å². The molecular formula is C20H23F3N3O2+. The molecule has 28 heavy (non-hydrogen) atoms. The Morgan fingerprint density at radius 2 is 1.64 bits per heavy atom. The van der Waals surface area contributed by atoms with Crippen LogP contribution in [0.15, 0.2) is 54.6 Å². The van der Waals surface area contributed by atoms with Crippen molar-refractivity contribution in [2.75, 3.05) is 13.6 Å². The van der Waals surface area contributed by atoms with Gasteiger partial charge in [0.15, 0.2) is 6.04 Å². The lowest BCUT2D eigenvalue weighted by Crippen LogP contribution is -3.09. The van der Waals surface area contributed by atoms with Crippen LogP contribution in [0.4, 0.5) is 18.0 Å². The van der Waals surface area contributed by atoms with Crippen molar-refractivity contribution in [2.24, 2.45) is 0 Å². The molecule has 0 spiro atoms. The number of quaternary nitrogens is 1. The van der Waals surface area contributed by atoms with Crippen LogP contribution in [-0.4, -0.2) is 25.5 Å². The standard InChI is InChI=1S/C20H22F3N3O2/c1-3-24-19(28)25-18(27)17(15-7-5-4-6-8-15)26(2)13-14-9-11-16(12-10-14)20(21,22)23/h4-12,17H,3,13H2,1-2H3,(H2,24,25,27,28)/p+1/t17-/m0/s1. The summed E-state index contributed by atoms with van der Waals surface area (Å²) < 4.78 is 38.2. The summed E-state index contributed by atoms with van der Waals surface area (Å²) in [7, 11) is 1.76. The average Bonchev–Trinajstić information content (AvgIpc) is 2.62. The summed E-state index contributed by atoms with van der Waals surface area (Å²) in [5.74, 6) is -0.485. The lowest BCUT2D eigenvalue weighted by Gasteiger charge is -2.24. The number of likely N-dealkylation sites (N-methyl/N-ethyl adjacent to an activating group) is 1. The van der Waals surface area contributed by atoms with Gasteiger partial charge in [-0.2, -0.15) is 13.2 Å². The molecule has 2 aromatic rings. The van der Waals surface area contributed by atoms with E-state index in [1.54, 1.807) is 38.2 Å². The van der Waals surface area contributed by atoms with E-state index in [0.29, 0.717) is 29.1 Å². The zero-order valence-electron chi connectivity index (χ0n) is 15.6. The first-order valence-corrected chi connectivity index (χ1v) is 8.84. The second-order valence-corrected chi connectivity index (χ2v) is 6.41. The van der Waals surface area contributed by atoms with Gasteiger partial charge in [0.05, 0.1) is 12.6 Å². The van der Waals surface area contributed by atoms with E-state index in [1.807, 2.05) is 6.07 Å². The van der Waals surface area contributed by atoms with Crippen molar-refractivity contribution >= 4 is 11.9 Å². The fourth-order valence-corrected chi connectivity index (χ4v) is 2.93. The fourth-order valence-electron chi connectivity index (χ4n) is 2.93. The maximum atomic E-state index is 12.7. The third-order valence-corrected chi connectivity index (χ3v) is 4.23. The first-order valence-electron chi connectivity index (χ1n) is 8.84. The summed E-state index contributed by atoms with van der Waals surface area (Å²) in [6, 6.07) is 12.5. The number of carbonyl (C=O) groups excluding carboxylic acids is 2. The Balaban J connectivity index is 2.20. The SMILES string of the molecule is CCNC(=O)NC(=O)[C@H](c1ccccc1)[NH+](C)Cc1ccc(C(F)(F)F)cc1. The third kappa shape index (κ3) is 5.82. The number of hydrogen-bond acceptors (Lipinski definition) is 2. The number of urea groups is 1. The number of benzene rings is 2. The Kier molecular flexibility index (Phi) is 7.17. The molecule has 0 bridgehead atoms. The number of nitrogens with one attached hydrogen (secondary N) is 3. The van der Waals surface area contributed by atoms with E-state index < -0.39 is 29.7 Å². The first-order chi connectivity index (χ1) is 13.2. The summed E-state index contributed by atoms with van der Waals surface area (Å²) in [6.07, 6.45) is -4.39. The Morgan fingerprint density at radius 1 is 1.04 bits per heavy atom. The number of alkyl halides is 3. The van der Waals surface area contributed by atoms with Gasteiger partial charge in [-0.1, -0.05) is 42.5 Å². The monoisotopic (exact) mass is 394 g/mol. The van der Waals surface area contributed by atoms with Gasteiger partial charge in [-0.05, 0) is 19.1 Å². The van der Waals surface area contributed by atoms with Crippen LogP contribution in [0.25, 0.3) is 0 Å². The molecule has 2 atom stereocenters. The molecule has 0 aliphatic carbocycles. The van der Waals surface area contributed by atoms with E-state index in [-0.39, 0.29) is 0 Å². The van der Waals surface area contributed by atoms with Crippen LogP contribution in [-0.2, 0) is 17.5 Å². The smallest absolute Gasteiger partial charge is 0.338 e. The normalized spacial score (nSPS) is 13.5. The van der Waals surface area contributed by atoms with Gasteiger partial charge in [-0.25, -0.2) is 4.79 Å². The highest BCUT2D eigenvalue weighted by atomic mass is 19.4. The summed E-state index contributed by atoms with van der Waals surface area (Å²) in [4.78, 5) is 25.2. The van der Waals surface area contributed by atoms with Gasteiger partial charge in [0.1, 0.15) is 6.54 Å². The van der Waals surface area contributed by atoms with Crippen molar-refractivity contribution in [3.63, 3.8) is 0 Å². The van der Waals surface area contributed by atoms with E-state index in [4.69, 9.17) is 0 Å².